The first-order chi connectivity index (χ1) is 12.4. The Hall–Kier alpha value is -2.86. The van der Waals surface area contributed by atoms with Crippen LogP contribution in [0.1, 0.15) is 13.8 Å². The molecule has 1 amide bonds. The van der Waals surface area contributed by atoms with E-state index in [1.54, 1.807) is 37.9 Å². The molecule has 0 aromatic heterocycles. The molecule has 26 heavy (non-hydrogen) atoms. The van der Waals surface area contributed by atoms with Gasteiger partial charge in [-0.05, 0) is 38.2 Å². The molecule has 0 aliphatic rings. The number of amides is 1. The number of anilines is 1. The molecule has 2 rings (SSSR count). The lowest BCUT2D eigenvalue weighted by molar-refractivity contribution is -0.142. The number of carbonyl (C=O) groups is 2. The summed E-state index contributed by atoms with van der Waals surface area (Å²) in [6.45, 7) is 3.64. The van der Waals surface area contributed by atoms with Crippen LogP contribution in [0.5, 0.6) is 11.5 Å². The second kappa shape index (κ2) is 9.01. The van der Waals surface area contributed by atoms with E-state index in [4.69, 9.17) is 9.84 Å². The maximum atomic E-state index is 12.6. The zero-order valence-electron chi connectivity index (χ0n) is 15.2. The van der Waals surface area contributed by atoms with Crippen molar-refractivity contribution in [3.8, 4) is 11.5 Å². The molecular formula is C20H24N2O4. The first-order valence-corrected chi connectivity index (χ1v) is 8.44. The Kier molecular flexibility index (Phi) is 6.74. The molecule has 2 aromatic rings. The fourth-order valence-electron chi connectivity index (χ4n) is 2.38. The van der Waals surface area contributed by atoms with E-state index in [1.165, 1.54) is 0 Å². The van der Waals surface area contributed by atoms with E-state index in [0.717, 1.165) is 0 Å². The molecule has 0 aliphatic carbocycles. The van der Waals surface area contributed by atoms with Gasteiger partial charge in [-0.25, -0.2) is 0 Å². The topological polar surface area (TPSA) is 78.9 Å². The van der Waals surface area contributed by atoms with E-state index in [1.807, 2.05) is 42.5 Å². The number of carboxylic acids is 1. The maximum absolute atomic E-state index is 12.6. The Morgan fingerprint density at radius 3 is 2.35 bits per heavy atom. The Bertz CT molecular complexity index is 748. The summed E-state index contributed by atoms with van der Waals surface area (Å²) in [4.78, 5) is 25.3. The molecule has 0 radical (unpaired) electrons. The molecule has 2 atom stereocenters. The van der Waals surface area contributed by atoms with E-state index in [-0.39, 0.29) is 12.5 Å². The first-order valence-electron chi connectivity index (χ1n) is 8.44. The number of nitrogens with zero attached hydrogens (tertiary/aromatic N) is 1. The van der Waals surface area contributed by atoms with Crippen LogP contribution in [-0.4, -0.2) is 41.5 Å². The molecule has 0 fully saturated rings. The van der Waals surface area contributed by atoms with Gasteiger partial charge in [0.05, 0.1) is 17.6 Å². The van der Waals surface area contributed by atoms with Gasteiger partial charge in [-0.15, -0.1) is 0 Å². The second-order valence-electron chi connectivity index (χ2n) is 6.26. The molecule has 0 heterocycles. The summed E-state index contributed by atoms with van der Waals surface area (Å²) in [5.41, 5.74) is 0.563. The lowest BCUT2D eigenvalue weighted by Crippen LogP contribution is -2.42. The number of hydrogen-bond acceptors (Lipinski definition) is 4. The Morgan fingerprint density at radius 2 is 1.69 bits per heavy atom. The zero-order chi connectivity index (χ0) is 19.1. The third-order valence-corrected chi connectivity index (χ3v) is 4.14. The summed E-state index contributed by atoms with van der Waals surface area (Å²) in [7, 11) is 1.73. The van der Waals surface area contributed by atoms with Crippen LogP contribution in [0, 0.1) is 5.92 Å². The van der Waals surface area contributed by atoms with Crippen LogP contribution in [0.3, 0.4) is 0 Å². The molecule has 138 valence electrons. The summed E-state index contributed by atoms with van der Waals surface area (Å²) in [5.74, 6) is -0.445. The lowest BCUT2D eigenvalue weighted by atomic mass is 10.1. The van der Waals surface area contributed by atoms with Crippen molar-refractivity contribution in [2.45, 2.75) is 19.9 Å². The number of likely N-dealkylation sites (N-methyl/N-ethyl adjacent to an activating group) is 1. The van der Waals surface area contributed by atoms with Crippen LogP contribution in [0.4, 0.5) is 5.69 Å². The fourth-order valence-corrected chi connectivity index (χ4v) is 2.38. The van der Waals surface area contributed by atoms with Gasteiger partial charge in [-0.1, -0.05) is 37.3 Å². The predicted octanol–water partition coefficient (Wildman–Crippen LogP) is 3.46. The first kappa shape index (κ1) is 19.5. The number of carboxylic acid groups (broad SMARTS) is 1. The molecule has 2 unspecified atom stereocenters. The zero-order valence-corrected chi connectivity index (χ0v) is 15.2. The number of benzene rings is 2. The Morgan fingerprint density at radius 1 is 1.08 bits per heavy atom. The third-order valence-electron chi connectivity index (χ3n) is 4.14. The SMILES string of the molecule is CC(CN(C)C(C)C(=O)Nc1ccccc1Oc1ccccc1)C(=O)O. The highest BCUT2D eigenvalue weighted by molar-refractivity contribution is 5.95. The highest BCUT2D eigenvalue weighted by Gasteiger charge is 2.23. The minimum Gasteiger partial charge on any atom is -0.481 e. The Labute approximate surface area is 153 Å². The largest absolute Gasteiger partial charge is 0.481 e. The third kappa shape index (κ3) is 5.32. The van der Waals surface area contributed by atoms with Crippen molar-refractivity contribution in [1.29, 1.82) is 0 Å². The van der Waals surface area contributed by atoms with Gasteiger partial charge < -0.3 is 15.2 Å². The maximum Gasteiger partial charge on any atom is 0.307 e. The van der Waals surface area contributed by atoms with E-state index >= 15 is 0 Å². The van der Waals surface area contributed by atoms with Crippen molar-refractivity contribution in [1.82, 2.24) is 4.90 Å². The van der Waals surface area contributed by atoms with Crippen molar-refractivity contribution in [3.05, 3.63) is 54.6 Å². The van der Waals surface area contributed by atoms with Crippen molar-refractivity contribution in [2.24, 2.45) is 5.92 Å². The van der Waals surface area contributed by atoms with E-state index in [2.05, 4.69) is 5.32 Å². The Balaban J connectivity index is 2.05. The fraction of sp³-hybridized carbons (Fsp3) is 0.300. The van der Waals surface area contributed by atoms with Crippen LogP contribution < -0.4 is 10.1 Å². The van der Waals surface area contributed by atoms with E-state index in [9.17, 15) is 9.59 Å². The molecule has 0 saturated heterocycles. The molecule has 2 aromatic carbocycles. The van der Waals surface area contributed by atoms with Crippen LogP contribution in [0.15, 0.2) is 54.6 Å². The lowest BCUT2D eigenvalue weighted by Gasteiger charge is -2.25. The van der Waals surface area contributed by atoms with Gasteiger partial charge >= 0.3 is 5.97 Å². The molecule has 6 heteroatoms. The highest BCUT2D eigenvalue weighted by Crippen LogP contribution is 2.29. The molecular weight excluding hydrogens is 332 g/mol. The molecule has 0 bridgehead atoms. The van der Waals surface area contributed by atoms with Crippen LogP contribution in [0.25, 0.3) is 0 Å². The summed E-state index contributed by atoms with van der Waals surface area (Å²) in [5, 5.41) is 11.9. The molecule has 2 N–H and O–H groups in total. The van der Waals surface area contributed by atoms with Crippen LogP contribution in [0.2, 0.25) is 0 Å². The summed E-state index contributed by atoms with van der Waals surface area (Å²) < 4.78 is 5.84. The number of ether oxygens (including phenoxy) is 1. The number of carbonyl (C=O) groups excluding carboxylic acids is 1. The number of nitrogens with one attached hydrogen (secondary N) is 1. The average Bonchev–Trinajstić information content (AvgIpc) is 2.63. The minimum absolute atomic E-state index is 0.228. The van der Waals surface area contributed by atoms with Gasteiger partial charge in [0.15, 0.2) is 5.75 Å². The average molecular weight is 356 g/mol. The molecule has 0 saturated carbocycles. The quantitative estimate of drug-likeness (QED) is 0.757. The van der Waals surface area contributed by atoms with Crippen molar-refractivity contribution in [3.63, 3.8) is 0 Å². The smallest absolute Gasteiger partial charge is 0.307 e. The van der Waals surface area contributed by atoms with Gasteiger partial charge in [0.2, 0.25) is 5.91 Å². The van der Waals surface area contributed by atoms with Gasteiger partial charge in [-0.3, -0.25) is 14.5 Å². The molecule has 6 nitrogen and oxygen atoms in total. The predicted molar refractivity (Wildman–Crippen MR) is 100 cm³/mol. The van der Waals surface area contributed by atoms with Crippen molar-refractivity contribution >= 4 is 17.6 Å². The molecule has 0 spiro atoms. The number of para-hydroxylation sites is 3. The van der Waals surface area contributed by atoms with Gasteiger partial charge in [0, 0.05) is 6.54 Å². The standard InChI is InChI=1S/C20H24N2O4/c1-14(20(24)25)13-22(3)15(2)19(23)21-17-11-7-8-12-18(17)26-16-9-5-4-6-10-16/h4-12,14-15H,13H2,1-3H3,(H,21,23)(H,24,25). The number of hydrogen-bond donors (Lipinski definition) is 2. The monoisotopic (exact) mass is 356 g/mol. The van der Waals surface area contributed by atoms with Crippen molar-refractivity contribution < 1.29 is 19.4 Å². The highest BCUT2D eigenvalue weighted by atomic mass is 16.5. The summed E-state index contributed by atoms with van der Waals surface area (Å²) in [6, 6.07) is 16.0. The minimum atomic E-state index is -0.883. The second-order valence-corrected chi connectivity index (χ2v) is 6.26. The van der Waals surface area contributed by atoms with Gasteiger partial charge in [0.25, 0.3) is 0 Å². The van der Waals surface area contributed by atoms with Crippen LogP contribution >= 0.6 is 0 Å². The number of rotatable bonds is 8. The van der Waals surface area contributed by atoms with E-state index < -0.39 is 17.9 Å². The summed E-state index contributed by atoms with van der Waals surface area (Å²) >= 11 is 0. The van der Waals surface area contributed by atoms with E-state index in [0.29, 0.717) is 17.2 Å². The molecule has 0 aliphatic heterocycles. The number of aliphatic carboxylic acids is 1. The van der Waals surface area contributed by atoms with Gasteiger partial charge in [-0.2, -0.15) is 0 Å². The van der Waals surface area contributed by atoms with Gasteiger partial charge in [0.1, 0.15) is 5.75 Å². The summed E-state index contributed by atoms with van der Waals surface area (Å²) in [6.07, 6.45) is 0. The van der Waals surface area contributed by atoms with Crippen LogP contribution in [-0.2, 0) is 9.59 Å². The van der Waals surface area contributed by atoms with Crippen molar-refractivity contribution in [2.75, 3.05) is 18.9 Å². The normalized spacial score (nSPS) is 13.1.